The van der Waals surface area contributed by atoms with Crippen LogP contribution in [0.5, 0.6) is 5.75 Å². The van der Waals surface area contributed by atoms with E-state index in [0.717, 1.165) is 0 Å². The first-order chi connectivity index (χ1) is 9.60. The molecule has 0 aliphatic rings. The lowest BCUT2D eigenvalue weighted by molar-refractivity contribution is 0.321. The monoisotopic (exact) mass is 297 g/mol. The summed E-state index contributed by atoms with van der Waals surface area (Å²) in [4.78, 5) is 0. The minimum absolute atomic E-state index is 0.201. The topological polar surface area (TPSA) is 21.3 Å². The van der Waals surface area contributed by atoms with Crippen LogP contribution >= 0.6 is 11.6 Å². The zero-order valence-corrected chi connectivity index (χ0v) is 11.7. The van der Waals surface area contributed by atoms with E-state index < -0.39 is 5.82 Å². The first kappa shape index (κ1) is 14.6. The Labute approximate surface area is 121 Å². The number of rotatable bonds is 5. The highest BCUT2D eigenvalue weighted by Gasteiger charge is 2.06. The fraction of sp³-hybridized carbons (Fsp3) is 0.200. The average molecular weight is 298 g/mol. The van der Waals surface area contributed by atoms with Crippen molar-refractivity contribution in [1.29, 1.82) is 0 Å². The van der Waals surface area contributed by atoms with Crippen LogP contribution in [-0.4, -0.2) is 6.61 Å². The molecule has 0 amide bonds. The van der Waals surface area contributed by atoms with Crippen molar-refractivity contribution in [2.24, 2.45) is 0 Å². The summed E-state index contributed by atoms with van der Waals surface area (Å²) in [6.45, 7) is 2.41. The first-order valence-corrected chi connectivity index (χ1v) is 6.58. The molecular weight excluding hydrogens is 284 g/mol. The van der Waals surface area contributed by atoms with E-state index in [2.05, 4.69) is 5.32 Å². The van der Waals surface area contributed by atoms with E-state index in [1.54, 1.807) is 13.0 Å². The molecule has 0 bridgehead atoms. The summed E-state index contributed by atoms with van der Waals surface area (Å²) in [5.74, 6) is -0.608. The summed E-state index contributed by atoms with van der Waals surface area (Å²) >= 11 is 5.81. The Morgan fingerprint density at radius 2 is 1.90 bits per heavy atom. The van der Waals surface area contributed by atoms with Crippen molar-refractivity contribution >= 4 is 17.3 Å². The van der Waals surface area contributed by atoms with Gasteiger partial charge >= 0.3 is 0 Å². The minimum atomic E-state index is -0.455. The maximum Gasteiger partial charge on any atom is 0.167 e. The second-order valence-electron chi connectivity index (χ2n) is 4.17. The fourth-order valence-corrected chi connectivity index (χ4v) is 1.95. The normalized spacial score (nSPS) is 10.4. The summed E-state index contributed by atoms with van der Waals surface area (Å²) in [6.07, 6.45) is 0. The number of ether oxygens (including phenoxy) is 1. The lowest BCUT2D eigenvalue weighted by Crippen LogP contribution is -2.03. The van der Waals surface area contributed by atoms with Gasteiger partial charge < -0.3 is 10.1 Å². The smallest absolute Gasteiger partial charge is 0.167 e. The van der Waals surface area contributed by atoms with Crippen molar-refractivity contribution < 1.29 is 13.5 Å². The van der Waals surface area contributed by atoms with Crippen LogP contribution in [0.4, 0.5) is 14.5 Å². The van der Waals surface area contributed by atoms with Crippen LogP contribution in [0.2, 0.25) is 5.02 Å². The lowest BCUT2D eigenvalue weighted by Gasteiger charge is -2.10. The Kier molecular flexibility index (Phi) is 4.79. The molecule has 0 atom stereocenters. The molecule has 0 aliphatic carbocycles. The summed E-state index contributed by atoms with van der Waals surface area (Å²) in [6, 6.07) is 8.85. The van der Waals surface area contributed by atoms with Crippen molar-refractivity contribution in [3.63, 3.8) is 0 Å². The molecule has 0 saturated carbocycles. The van der Waals surface area contributed by atoms with Crippen molar-refractivity contribution in [2.45, 2.75) is 13.5 Å². The maximum absolute atomic E-state index is 13.6. The Balaban J connectivity index is 2.07. The molecule has 2 rings (SSSR count). The number of benzene rings is 2. The molecule has 2 nitrogen and oxygen atoms in total. The molecule has 0 unspecified atom stereocenters. The van der Waals surface area contributed by atoms with Crippen LogP contribution in [0, 0.1) is 11.6 Å². The Hall–Kier alpha value is -1.81. The van der Waals surface area contributed by atoms with Crippen LogP contribution < -0.4 is 10.1 Å². The number of anilines is 1. The third kappa shape index (κ3) is 3.61. The van der Waals surface area contributed by atoms with Gasteiger partial charge in [0.25, 0.3) is 0 Å². The first-order valence-electron chi connectivity index (χ1n) is 6.20. The molecule has 0 heterocycles. The number of hydrogen-bond donors (Lipinski definition) is 1. The SMILES string of the molecule is CCOc1ccc(NCc2cc(Cl)ccc2F)cc1F. The largest absolute Gasteiger partial charge is 0.491 e. The Morgan fingerprint density at radius 1 is 1.10 bits per heavy atom. The van der Waals surface area contributed by atoms with E-state index >= 15 is 0 Å². The molecule has 0 aromatic heterocycles. The molecular formula is C15H14ClF2NO. The van der Waals surface area contributed by atoms with Crippen molar-refractivity contribution in [3.05, 3.63) is 58.6 Å². The van der Waals surface area contributed by atoms with Crippen LogP contribution in [0.1, 0.15) is 12.5 Å². The standard InChI is InChI=1S/C15H14ClF2NO/c1-2-20-15-6-4-12(8-14(15)18)19-9-10-7-11(16)3-5-13(10)17/h3-8,19H,2,9H2,1H3. The highest BCUT2D eigenvalue weighted by atomic mass is 35.5. The van der Waals surface area contributed by atoms with E-state index in [4.69, 9.17) is 16.3 Å². The maximum atomic E-state index is 13.6. The Morgan fingerprint density at radius 3 is 2.60 bits per heavy atom. The summed E-state index contributed by atoms with van der Waals surface area (Å²) in [5, 5.41) is 3.40. The van der Waals surface area contributed by atoms with Gasteiger partial charge in [0.1, 0.15) is 5.82 Å². The van der Waals surface area contributed by atoms with Gasteiger partial charge in [-0.2, -0.15) is 0 Å². The molecule has 2 aromatic rings. The fourth-order valence-electron chi connectivity index (χ4n) is 1.76. The molecule has 2 aromatic carbocycles. The van der Waals surface area contributed by atoms with E-state index in [9.17, 15) is 8.78 Å². The van der Waals surface area contributed by atoms with Gasteiger partial charge in [-0.15, -0.1) is 0 Å². The summed E-state index contributed by atoms with van der Waals surface area (Å²) in [5.41, 5.74) is 0.970. The lowest BCUT2D eigenvalue weighted by atomic mass is 10.2. The van der Waals surface area contributed by atoms with Crippen molar-refractivity contribution in [1.82, 2.24) is 0 Å². The molecule has 5 heteroatoms. The van der Waals surface area contributed by atoms with Gasteiger partial charge in [0.05, 0.1) is 6.61 Å². The number of nitrogens with one attached hydrogen (secondary N) is 1. The quantitative estimate of drug-likeness (QED) is 0.869. The van der Waals surface area contributed by atoms with E-state index in [-0.39, 0.29) is 18.1 Å². The molecule has 0 fully saturated rings. The van der Waals surface area contributed by atoms with Crippen LogP contribution in [0.3, 0.4) is 0 Å². The van der Waals surface area contributed by atoms with Crippen LogP contribution in [-0.2, 0) is 6.54 Å². The third-order valence-corrected chi connectivity index (χ3v) is 2.96. The van der Waals surface area contributed by atoms with Gasteiger partial charge in [0, 0.05) is 28.9 Å². The van der Waals surface area contributed by atoms with E-state index in [1.807, 2.05) is 0 Å². The molecule has 20 heavy (non-hydrogen) atoms. The van der Waals surface area contributed by atoms with E-state index in [0.29, 0.717) is 22.9 Å². The molecule has 1 N–H and O–H groups in total. The average Bonchev–Trinajstić information content (AvgIpc) is 2.43. The van der Waals surface area contributed by atoms with Crippen molar-refractivity contribution in [2.75, 3.05) is 11.9 Å². The van der Waals surface area contributed by atoms with Gasteiger partial charge in [-0.05, 0) is 37.3 Å². The van der Waals surface area contributed by atoms with Crippen LogP contribution in [0.25, 0.3) is 0 Å². The van der Waals surface area contributed by atoms with Gasteiger partial charge in [0.2, 0.25) is 0 Å². The predicted molar refractivity (Wildman–Crippen MR) is 76.3 cm³/mol. The molecule has 0 saturated heterocycles. The summed E-state index contributed by atoms with van der Waals surface area (Å²) < 4.78 is 32.3. The molecule has 0 radical (unpaired) electrons. The second kappa shape index (κ2) is 6.57. The molecule has 106 valence electrons. The molecule has 0 aliphatic heterocycles. The third-order valence-electron chi connectivity index (χ3n) is 2.72. The van der Waals surface area contributed by atoms with E-state index in [1.165, 1.54) is 30.3 Å². The summed E-state index contributed by atoms with van der Waals surface area (Å²) in [7, 11) is 0. The number of halogens is 3. The van der Waals surface area contributed by atoms with Crippen LogP contribution in [0.15, 0.2) is 36.4 Å². The van der Waals surface area contributed by atoms with Gasteiger partial charge in [0.15, 0.2) is 11.6 Å². The second-order valence-corrected chi connectivity index (χ2v) is 4.60. The van der Waals surface area contributed by atoms with Gasteiger partial charge in [-0.25, -0.2) is 8.78 Å². The zero-order valence-electron chi connectivity index (χ0n) is 10.9. The van der Waals surface area contributed by atoms with Gasteiger partial charge in [-0.3, -0.25) is 0 Å². The zero-order chi connectivity index (χ0) is 14.5. The van der Waals surface area contributed by atoms with Gasteiger partial charge in [-0.1, -0.05) is 11.6 Å². The minimum Gasteiger partial charge on any atom is -0.491 e. The number of hydrogen-bond acceptors (Lipinski definition) is 2. The highest BCUT2D eigenvalue weighted by Crippen LogP contribution is 2.22. The van der Waals surface area contributed by atoms with Crippen molar-refractivity contribution in [3.8, 4) is 5.75 Å². The predicted octanol–water partition coefficient (Wildman–Crippen LogP) is 4.63. The Bertz CT molecular complexity index is 604. The molecule has 0 spiro atoms. The highest BCUT2D eigenvalue weighted by molar-refractivity contribution is 6.30.